The standard InChI is InChI=1S/C12H13ClO4/c1-7-5-9(6-8(2)12(7)13)17-11(16)4-3-10(14)15/h5-6H,3-4H2,1-2H3,(H,14,15). The second-order valence-corrected chi connectivity index (χ2v) is 4.12. The predicted molar refractivity (Wildman–Crippen MR) is 63.4 cm³/mol. The fourth-order valence-electron chi connectivity index (χ4n) is 1.36. The fraction of sp³-hybridized carbons (Fsp3) is 0.333. The van der Waals surface area contributed by atoms with Gasteiger partial charge in [0, 0.05) is 5.02 Å². The molecule has 1 aromatic rings. The average molecular weight is 257 g/mol. The van der Waals surface area contributed by atoms with Gasteiger partial charge in [0.15, 0.2) is 0 Å². The quantitative estimate of drug-likeness (QED) is 0.665. The van der Waals surface area contributed by atoms with Gasteiger partial charge in [-0.2, -0.15) is 0 Å². The lowest BCUT2D eigenvalue weighted by Gasteiger charge is -2.08. The van der Waals surface area contributed by atoms with Crippen LogP contribution >= 0.6 is 11.6 Å². The molecule has 0 bridgehead atoms. The van der Waals surface area contributed by atoms with Crippen LogP contribution in [0.2, 0.25) is 5.02 Å². The van der Waals surface area contributed by atoms with E-state index in [2.05, 4.69) is 0 Å². The third-order valence-electron chi connectivity index (χ3n) is 2.18. The highest BCUT2D eigenvalue weighted by molar-refractivity contribution is 6.32. The number of carbonyl (C=O) groups is 2. The molecule has 1 aromatic carbocycles. The summed E-state index contributed by atoms with van der Waals surface area (Å²) in [6, 6.07) is 3.29. The molecule has 0 saturated heterocycles. The summed E-state index contributed by atoms with van der Waals surface area (Å²) >= 11 is 5.97. The largest absolute Gasteiger partial charge is 0.481 e. The van der Waals surface area contributed by atoms with E-state index in [4.69, 9.17) is 21.4 Å². The molecule has 0 saturated carbocycles. The van der Waals surface area contributed by atoms with Crippen molar-refractivity contribution in [1.29, 1.82) is 0 Å². The molecule has 0 unspecified atom stereocenters. The number of halogens is 1. The molecule has 0 amide bonds. The smallest absolute Gasteiger partial charge is 0.311 e. The molecule has 0 fully saturated rings. The molecule has 0 atom stereocenters. The number of esters is 1. The Bertz CT molecular complexity index is 431. The van der Waals surface area contributed by atoms with Gasteiger partial charge in [0.05, 0.1) is 12.8 Å². The Kier molecular flexibility index (Phi) is 4.52. The van der Waals surface area contributed by atoms with Gasteiger partial charge in [0.1, 0.15) is 5.75 Å². The summed E-state index contributed by atoms with van der Waals surface area (Å²) in [5.41, 5.74) is 1.63. The molecule has 4 nitrogen and oxygen atoms in total. The minimum atomic E-state index is -1.02. The zero-order valence-corrected chi connectivity index (χ0v) is 10.4. The van der Waals surface area contributed by atoms with Crippen LogP contribution in [0.1, 0.15) is 24.0 Å². The first-order valence-electron chi connectivity index (χ1n) is 5.09. The van der Waals surface area contributed by atoms with Crippen LogP contribution in [-0.2, 0) is 9.59 Å². The lowest BCUT2D eigenvalue weighted by Crippen LogP contribution is -2.10. The summed E-state index contributed by atoms with van der Waals surface area (Å²) in [5, 5.41) is 9.06. The summed E-state index contributed by atoms with van der Waals surface area (Å²) in [4.78, 5) is 21.6. The highest BCUT2D eigenvalue weighted by Crippen LogP contribution is 2.26. The topological polar surface area (TPSA) is 63.6 Å². The maximum Gasteiger partial charge on any atom is 0.311 e. The number of carboxylic acids is 1. The second-order valence-electron chi connectivity index (χ2n) is 3.74. The number of ether oxygens (including phenoxy) is 1. The van der Waals surface area contributed by atoms with E-state index in [9.17, 15) is 9.59 Å². The molecule has 1 rings (SSSR count). The lowest BCUT2D eigenvalue weighted by molar-refractivity contribution is -0.142. The van der Waals surface area contributed by atoms with Crippen LogP contribution in [-0.4, -0.2) is 17.0 Å². The van der Waals surface area contributed by atoms with Gasteiger partial charge < -0.3 is 9.84 Å². The van der Waals surface area contributed by atoms with Crippen LogP contribution < -0.4 is 4.74 Å². The normalized spacial score (nSPS) is 10.1. The van der Waals surface area contributed by atoms with Crippen molar-refractivity contribution in [3.8, 4) is 5.75 Å². The first-order chi connectivity index (χ1) is 7.90. The lowest BCUT2D eigenvalue weighted by atomic mass is 10.1. The van der Waals surface area contributed by atoms with E-state index in [1.807, 2.05) is 13.8 Å². The van der Waals surface area contributed by atoms with Crippen LogP contribution in [0.15, 0.2) is 12.1 Å². The van der Waals surface area contributed by atoms with Crippen molar-refractivity contribution in [1.82, 2.24) is 0 Å². The number of aliphatic carboxylic acids is 1. The van der Waals surface area contributed by atoms with Gasteiger partial charge in [0.25, 0.3) is 0 Å². The molecule has 92 valence electrons. The Morgan fingerprint density at radius 2 is 1.76 bits per heavy atom. The monoisotopic (exact) mass is 256 g/mol. The van der Waals surface area contributed by atoms with Gasteiger partial charge in [-0.05, 0) is 37.1 Å². The minimum Gasteiger partial charge on any atom is -0.481 e. The van der Waals surface area contributed by atoms with Crippen molar-refractivity contribution in [2.24, 2.45) is 0 Å². The number of rotatable bonds is 4. The van der Waals surface area contributed by atoms with Crippen molar-refractivity contribution in [2.45, 2.75) is 26.7 Å². The number of aryl methyl sites for hydroxylation is 2. The van der Waals surface area contributed by atoms with Crippen LogP contribution in [0.5, 0.6) is 5.75 Å². The predicted octanol–water partition coefficient (Wildman–Crippen LogP) is 2.73. The Labute approximate surface area is 104 Å². The van der Waals surface area contributed by atoms with Crippen molar-refractivity contribution in [3.05, 3.63) is 28.3 Å². The number of benzene rings is 1. The molecule has 0 spiro atoms. The molecular weight excluding hydrogens is 244 g/mol. The van der Waals surface area contributed by atoms with Crippen molar-refractivity contribution in [2.75, 3.05) is 0 Å². The molecule has 0 aliphatic carbocycles. The first-order valence-corrected chi connectivity index (χ1v) is 5.47. The Morgan fingerprint density at radius 3 is 2.24 bits per heavy atom. The van der Waals surface area contributed by atoms with E-state index >= 15 is 0 Å². The molecule has 0 aliphatic heterocycles. The Hall–Kier alpha value is -1.55. The number of carboxylic acid groups (broad SMARTS) is 1. The summed E-state index contributed by atoms with van der Waals surface area (Å²) in [6.07, 6.45) is -0.375. The van der Waals surface area contributed by atoms with Gasteiger partial charge in [-0.15, -0.1) is 0 Å². The van der Waals surface area contributed by atoms with E-state index in [0.29, 0.717) is 10.8 Å². The van der Waals surface area contributed by atoms with Crippen molar-refractivity contribution in [3.63, 3.8) is 0 Å². The van der Waals surface area contributed by atoms with E-state index in [1.165, 1.54) is 0 Å². The average Bonchev–Trinajstić information content (AvgIpc) is 2.23. The molecule has 5 heteroatoms. The fourth-order valence-corrected chi connectivity index (χ4v) is 1.47. The minimum absolute atomic E-state index is 0.143. The van der Waals surface area contributed by atoms with E-state index in [-0.39, 0.29) is 12.8 Å². The van der Waals surface area contributed by atoms with Crippen molar-refractivity contribution < 1.29 is 19.4 Å². The van der Waals surface area contributed by atoms with Gasteiger partial charge >= 0.3 is 11.9 Å². The Morgan fingerprint density at radius 1 is 1.24 bits per heavy atom. The van der Waals surface area contributed by atoms with Gasteiger partial charge in [-0.1, -0.05) is 11.6 Å². The molecule has 0 heterocycles. The maximum absolute atomic E-state index is 11.3. The SMILES string of the molecule is Cc1cc(OC(=O)CCC(=O)O)cc(C)c1Cl. The van der Waals surface area contributed by atoms with E-state index < -0.39 is 11.9 Å². The van der Waals surface area contributed by atoms with Crippen LogP contribution in [0.3, 0.4) is 0 Å². The van der Waals surface area contributed by atoms with Gasteiger partial charge in [-0.3, -0.25) is 9.59 Å². The van der Waals surface area contributed by atoms with Crippen LogP contribution in [0.25, 0.3) is 0 Å². The van der Waals surface area contributed by atoms with Crippen LogP contribution in [0, 0.1) is 13.8 Å². The number of carbonyl (C=O) groups excluding carboxylic acids is 1. The zero-order valence-electron chi connectivity index (χ0n) is 9.62. The summed E-state index contributed by atoms with van der Waals surface area (Å²) < 4.78 is 5.02. The second kappa shape index (κ2) is 5.68. The third-order valence-corrected chi connectivity index (χ3v) is 2.78. The molecule has 0 aromatic heterocycles. The van der Waals surface area contributed by atoms with E-state index in [1.54, 1.807) is 12.1 Å². The Balaban J connectivity index is 2.69. The number of hydrogen-bond donors (Lipinski definition) is 1. The molecular formula is C12H13ClO4. The molecule has 0 radical (unpaired) electrons. The summed E-state index contributed by atoms with van der Waals surface area (Å²) in [6.45, 7) is 3.62. The molecule has 17 heavy (non-hydrogen) atoms. The molecule has 1 N–H and O–H groups in total. The van der Waals surface area contributed by atoms with Crippen molar-refractivity contribution >= 4 is 23.5 Å². The van der Waals surface area contributed by atoms with Gasteiger partial charge in [-0.25, -0.2) is 0 Å². The third kappa shape index (κ3) is 4.07. The summed E-state index contributed by atoms with van der Waals surface area (Å²) in [5.74, 6) is -1.20. The highest BCUT2D eigenvalue weighted by Gasteiger charge is 2.10. The highest BCUT2D eigenvalue weighted by atomic mass is 35.5. The number of hydrogen-bond acceptors (Lipinski definition) is 3. The zero-order chi connectivity index (χ0) is 13.0. The van der Waals surface area contributed by atoms with Gasteiger partial charge in [0.2, 0.25) is 0 Å². The maximum atomic E-state index is 11.3. The van der Waals surface area contributed by atoms with Crippen LogP contribution in [0.4, 0.5) is 0 Å². The first kappa shape index (κ1) is 13.5. The molecule has 0 aliphatic rings. The summed E-state index contributed by atoms with van der Waals surface area (Å²) in [7, 11) is 0. The van der Waals surface area contributed by atoms with E-state index in [0.717, 1.165) is 11.1 Å².